The van der Waals surface area contributed by atoms with Gasteiger partial charge in [0.05, 0.1) is 12.7 Å². The molecule has 0 spiro atoms. The number of aryl methyl sites for hydroxylation is 1. The van der Waals surface area contributed by atoms with Crippen LogP contribution in [0.4, 0.5) is 5.69 Å². The topological polar surface area (TPSA) is 68.5 Å². The number of anilines is 1. The Kier molecular flexibility index (Phi) is 4.57. The van der Waals surface area contributed by atoms with Crippen LogP contribution in [0, 0.1) is 6.92 Å². The molecule has 0 saturated heterocycles. The number of benzene rings is 3. The highest BCUT2D eigenvalue weighted by atomic mass is 16.5. The summed E-state index contributed by atoms with van der Waals surface area (Å²) in [5.41, 5.74) is 3.28. The minimum absolute atomic E-state index is 0.389. The number of esters is 1. The van der Waals surface area contributed by atoms with Gasteiger partial charge in [-0.05, 0) is 47.0 Å². The molecule has 3 aromatic carbocycles. The highest BCUT2D eigenvalue weighted by molar-refractivity contribution is 6.07. The van der Waals surface area contributed by atoms with Gasteiger partial charge in [0.1, 0.15) is 5.58 Å². The lowest BCUT2D eigenvalue weighted by molar-refractivity contribution is 0.0601. The van der Waals surface area contributed by atoms with Crippen molar-refractivity contribution < 1.29 is 13.9 Å². The molecule has 0 amide bonds. The lowest BCUT2D eigenvalue weighted by Crippen LogP contribution is -2.08. The summed E-state index contributed by atoms with van der Waals surface area (Å²) in [6.45, 7) is 2.37. The van der Waals surface area contributed by atoms with Crippen molar-refractivity contribution in [3.8, 4) is 0 Å². The molecule has 0 atom stereocenters. The Hall–Kier alpha value is -3.60. The molecule has 0 aliphatic carbocycles. The summed E-state index contributed by atoms with van der Waals surface area (Å²) in [4.78, 5) is 23.9. The lowest BCUT2D eigenvalue weighted by atomic mass is 10.0. The molecule has 0 bridgehead atoms. The standard InChI is InChI=1S/C23H19NO4/c1-14-7-8-16(23(26)27-2)11-19(14)24-13-17-12-21(25)28-20-10-9-15-5-3-4-6-18(15)22(17)20/h3-12,24H,13H2,1-2H3. The van der Waals surface area contributed by atoms with Gasteiger partial charge in [-0.2, -0.15) is 0 Å². The zero-order valence-corrected chi connectivity index (χ0v) is 15.6. The molecular formula is C23H19NO4. The number of hydrogen-bond acceptors (Lipinski definition) is 5. The monoisotopic (exact) mass is 373 g/mol. The van der Waals surface area contributed by atoms with Gasteiger partial charge in [-0.25, -0.2) is 9.59 Å². The summed E-state index contributed by atoms with van der Waals surface area (Å²) in [5.74, 6) is -0.389. The fourth-order valence-electron chi connectivity index (χ4n) is 3.41. The van der Waals surface area contributed by atoms with Crippen molar-refractivity contribution in [2.75, 3.05) is 12.4 Å². The molecule has 28 heavy (non-hydrogen) atoms. The van der Waals surface area contributed by atoms with Gasteiger partial charge in [0.15, 0.2) is 0 Å². The van der Waals surface area contributed by atoms with Crippen LogP contribution in [-0.4, -0.2) is 13.1 Å². The predicted molar refractivity (Wildman–Crippen MR) is 110 cm³/mol. The van der Waals surface area contributed by atoms with Crippen LogP contribution in [0.15, 0.2) is 69.9 Å². The fraction of sp³-hybridized carbons (Fsp3) is 0.130. The SMILES string of the molecule is COC(=O)c1ccc(C)c(NCc2cc(=O)oc3ccc4ccccc4c23)c1. The van der Waals surface area contributed by atoms with Gasteiger partial charge < -0.3 is 14.5 Å². The van der Waals surface area contributed by atoms with Gasteiger partial charge >= 0.3 is 11.6 Å². The Morgan fingerprint density at radius 3 is 2.71 bits per heavy atom. The Morgan fingerprint density at radius 2 is 1.89 bits per heavy atom. The molecule has 4 aromatic rings. The summed E-state index contributed by atoms with van der Waals surface area (Å²) in [5, 5.41) is 6.36. The molecule has 5 heteroatoms. The molecule has 1 aromatic heterocycles. The molecule has 4 rings (SSSR count). The van der Waals surface area contributed by atoms with Gasteiger partial charge in [-0.3, -0.25) is 0 Å². The molecule has 140 valence electrons. The number of nitrogens with one attached hydrogen (secondary N) is 1. The van der Waals surface area contributed by atoms with Crippen molar-refractivity contribution in [3.05, 3.63) is 87.8 Å². The number of methoxy groups -OCH3 is 1. The van der Waals surface area contributed by atoms with E-state index in [2.05, 4.69) is 5.32 Å². The molecule has 0 unspecified atom stereocenters. The zero-order chi connectivity index (χ0) is 19.7. The van der Waals surface area contributed by atoms with Crippen molar-refractivity contribution in [2.24, 2.45) is 0 Å². The zero-order valence-electron chi connectivity index (χ0n) is 15.6. The minimum atomic E-state index is -0.389. The third-order valence-electron chi connectivity index (χ3n) is 4.84. The number of rotatable bonds is 4. The summed E-state index contributed by atoms with van der Waals surface area (Å²) >= 11 is 0. The number of fused-ring (bicyclic) bond motifs is 3. The smallest absolute Gasteiger partial charge is 0.337 e. The number of ether oxygens (including phenoxy) is 1. The Labute approximate surface area is 161 Å². The second-order valence-corrected chi connectivity index (χ2v) is 6.63. The van der Waals surface area contributed by atoms with E-state index in [-0.39, 0.29) is 11.6 Å². The Morgan fingerprint density at radius 1 is 1.07 bits per heavy atom. The maximum absolute atomic E-state index is 12.0. The van der Waals surface area contributed by atoms with Crippen LogP contribution in [0.2, 0.25) is 0 Å². The highest BCUT2D eigenvalue weighted by Crippen LogP contribution is 2.28. The van der Waals surface area contributed by atoms with Crippen molar-refractivity contribution in [2.45, 2.75) is 13.5 Å². The lowest BCUT2D eigenvalue weighted by Gasteiger charge is -2.13. The van der Waals surface area contributed by atoms with E-state index in [1.165, 1.54) is 13.2 Å². The average Bonchev–Trinajstić information content (AvgIpc) is 2.71. The van der Waals surface area contributed by atoms with Crippen LogP contribution in [0.25, 0.3) is 21.7 Å². The molecule has 0 aliphatic heterocycles. The maximum Gasteiger partial charge on any atom is 0.337 e. The second kappa shape index (κ2) is 7.19. The fourth-order valence-corrected chi connectivity index (χ4v) is 3.41. The molecule has 0 aliphatic rings. The number of hydrogen-bond donors (Lipinski definition) is 1. The predicted octanol–water partition coefficient (Wildman–Crippen LogP) is 4.65. The Balaban J connectivity index is 1.78. The van der Waals surface area contributed by atoms with E-state index in [4.69, 9.17) is 9.15 Å². The molecule has 0 radical (unpaired) electrons. The van der Waals surface area contributed by atoms with Gasteiger partial charge in [0, 0.05) is 23.7 Å². The van der Waals surface area contributed by atoms with E-state index in [1.54, 1.807) is 12.1 Å². The normalized spacial score (nSPS) is 10.9. The van der Waals surface area contributed by atoms with E-state index < -0.39 is 0 Å². The molecule has 1 N–H and O–H groups in total. The third kappa shape index (κ3) is 3.22. The van der Waals surface area contributed by atoms with E-state index >= 15 is 0 Å². The van der Waals surface area contributed by atoms with Crippen molar-refractivity contribution in [1.82, 2.24) is 0 Å². The van der Waals surface area contributed by atoms with Crippen molar-refractivity contribution in [3.63, 3.8) is 0 Å². The molecular weight excluding hydrogens is 354 g/mol. The average molecular weight is 373 g/mol. The molecule has 0 fully saturated rings. The molecule has 5 nitrogen and oxygen atoms in total. The first kappa shape index (κ1) is 17.8. The molecule has 0 saturated carbocycles. The van der Waals surface area contributed by atoms with Gasteiger partial charge in [-0.15, -0.1) is 0 Å². The van der Waals surface area contributed by atoms with Crippen LogP contribution >= 0.6 is 0 Å². The molecule has 1 heterocycles. The quantitative estimate of drug-likeness (QED) is 0.320. The number of carbonyl (C=O) groups excluding carboxylic acids is 1. The summed E-state index contributed by atoms with van der Waals surface area (Å²) in [6.07, 6.45) is 0. The summed E-state index contributed by atoms with van der Waals surface area (Å²) in [6, 6.07) is 18.6. The summed E-state index contributed by atoms with van der Waals surface area (Å²) in [7, 11) is 1.36. The summed E-state index contributed by atoms with van der Waals surface area (Å²) < 4.78 is 10.2. The van der Waals surface area contributed by atoms with E-state index in [0.717, 1.165) is 33.0 Å². The first-order valence-electron chi connectivity index (χ1n) is 8.94. The minimum Gasteiger partial charge on any atom is -0.465 e. The van der Waals surface area contributed by atoms with Crippen molar-refractivity contribution in [1.29, 1.82) is 0 Å². The van der Waals surface area contributed by atoms with Crippen LogP contribution in [0.5, 0.6) is 0 Å². The van der Waals surface area contributed by atoms with E-state index in [0.29, 0.717) is 17.7 Å². The van der Waals surface area contributed by atoms with Crippen LogP contribution in [0.3, 0.4) is 0 Å². The largest absolute Gasteiger partial charge is 0.465 e. The van der Waals surface area contributed by atoms with Crippen molar-refractivity contribution >= 4 is 33.4 Å². The second-order valence-electron chi connectivity index (χ2n) is 6.63. The van der Waals surface area contributed by atoms with Gasteiger partial charge in [0.25, 0.3) is 0 Å². The number of carbonyl (C=O) groups is 1. The third-order valence-corrected chi connectivity index (χ3v) is 4.84. The van der Waals surface area contributed by atoms with E-state index in [9.17, 15) is 9.59 Å². The van der Waals surface area contributed by atoms with Crippen LogP contribution < -0.4 is 10.9 Å². The first-order chi connectivity index (χ1) is 13.6. The van der Waals surface area contributed by atoms with Gasteiger partial charge in [0.2, 0.25) is 0 Å². The van der Waals surface area contributed by atoms with E-state index in [1.807, 2.05) is 49.4 Å². The Bertz CT molecular complexity index is 1260. The van der Waals surface area contributed by atoms with Crippen LogP contribution in [-0.2, 0) is 11.3 Å². The van der Waals surface area contributed by atoms with Gasteiger partial charge in [-0.1, -0.05) is 36.4 Å². The highest BCUT2D eigenvalue weighted by Gasteiger charge is 2.11. The van der Waals surface area contributed by atoms with Crippen LogP contribution in [0.1, 0.15) is 21.5 Å². The first-order valence-corrected chi connectivity index (χ1v) is 8.94. The maximum atomic E-state index is 12.0.